The quantitative estimate of drug-likeness (QED) is 0.589. The standard InChI is InChI=1S/C12H15FN2O/c1-3-7-14-8-11(16)15-12-9(2)5-4-6-10(12)13/h3-6,14H,1,7-8H2,2H3,(H,15,16). The molecule has 0 aliphatic heterocycles. The lowest BCUT2D eigenvalue weighted by atomic mass is 10.2. The summed E-state index contributed by atoms with van der Waals surface area (Å²) in [5.74, 6) is -0.688. The minimum absolute atomic E-state index is 0.139. The van der Waals surface area contributed by atoms with Gasteiger partial charge in [0.15, 0.2) is 0 Å². The number of hydrogen-bond donors (Lipinski definition) is 2. The van der Waals surface area contributed by atoms with Crippen LogP contribution in [0.15, 0.2) is 30.9 Å². The number of hydrogen-bond acceptors (Lipinski definition) is 2. The van der Waals surface area contributed by atoms with Gasteiger partial charge in [0.25, 0.3) is 0 Å². The van der Waals surface area contributed by atoms with Crippen LogP contribution in [-0.4, -0.2) is 19.0 Å². The van der Waals surface area contributed by atoms with Gasteiger partial charge >= 0.3 is 0 Å². The molecule has 0 bridgehead atoms. The predicted octanol–water partition coefficient (Wildman–Crippen LogP) is 1.85. The number of carbonyl (C=O) groups excluding carboxylic acids is 1. The van der Waals surface area contributed by atoms with E-state index in [0.717, 1.165) is 0 Å². The second kappa shape index (κ2) is 6.02. The van der Waals surface area contributed by atoms with Crippen LogP contribution in [-0.2, 0) is 4.79 Å². The largest absolute Gasteiger partial charge is 0.322 e. The van der Waals surface area contributed by atoms with Crippen molar-refractivity contribution in [3.63, 3.8) is 0 Å². The number of benzene rings is 1. The first-order valence-electron chi connectivity index (χ1n) is 5.01. The van der Waals surface area contributed by atoms with Crippen LogP contribution < -0.4 is 10.6 Å². The van der Waals surface area contributed by atoms with Crippen molar-refractivity contribution in [2.24, 2.45) is 0 Å². The van der Waals surface area contributed by atoms with Crippen LogP contribution in [0.25, 0.3) is 0 Å². The summed E-state index contributed by atoms with van der Waals surface area (Å²) in [4.78, 5) is 11.4. The molecular weight excluding hydrogens is 207 g/mol. The molecule has 2 N–H and O–H groups in total. The Bertz CT molecular complexity index is 370. The highest BCUT2D eigenvalue weighted by Gasteiger charge is 2.08. The number of carbonyl (C=O) groups is 1. The van der Waals surface area contributed by atoms with Crippen molar-refractivity contribution in [3.05, 3.63) is 42.2 Å². The summed E-state index contributed by atoms with van der Waals surface area (Å²) in [6.45, 7) is 5.95. The van der Waals surface area contributed by atoms with Crippen molar-refractivity contribution in [1.82, 2.24) is 5.32 Å². The molecule has 16 heavy (non-hydrogen) atoms. The third-order valence-corrected chi connectivity index (χ3v) is 2.06. The maximum atomic E-state index is 13.3. The molecule has 1 rings (SSSR count). The van der Waals surface area contributed by atoms with Gasteiger partial charge in [-0.15, -0.1) is 6.58 Å². The Hall–Kier alpha value is -1.68. The summed E-state index contributed by atoms with van der Waals surface area (Å²) < 4.78 is 13.3. The van der Waals surface area contributed by atoms with Crippen molar-refractivity contribution in [2.75, 3.05) is 18.4 Å². The van der Waals surface area contributed by atoms with Crippen LogP contribution in [0.2, 0.25) is 0 Å². The van der Waals surface area contributed by atoms with Gasteiger partial charge in [0, 0.05) is 6.54 Å². The summed E-state index contributed by atoms with van der Waals surface area (Å²) in [6.07, 6.45) is 1.65. The second-order valence-electron chi connectivity index (χ2n) is 3.40. The minimum atomic E-state index is -0.419. The lowest BCUT2D eigenvalue weighted by Gasteiger charge is -2.09. The van der Waals surface area contributed by atoms with Crippen molar-refractivity contribution in [3.8, 4) is 0 Å². The van der Waals surface area contributed by atoms with Gasteiger partial charge in [-0.3, -0.25) is 4.79 Å². The average molecular weight is 222 g/mol. The molecule has 0 saturated carbocycles. The molecule has 1 aromatic carbocycles. The maximum Gasteiger partial charge on any atom is 0.238 e. The first kappa shape index (κ1) is 12.4. The highest BCUT2D eigenvalue weighted by Crippen LogP contribution is 2.18. The zero-order valence-electron chi connectivity index (χ0n) is 9.22. The van der Waals surface area contributed by atoms with Gasteiger partial charge in [-0.05, 0) is 18.6 Å². The Balaban J connectivity index is 2.59. The minimum Gasteiger partial charge on any atom is -0.322 e. The number of halogens is 1. The molecule has 0 atom stereocenters. The number of amides is 1. The van der Waals surface area contributed by atoms with Gasteiger partial charge < -0.3 is 10.6 Å². The van der Waals surface area contributed by atoms with E-state index in [2.05, 4.69) is 17.2 Å². The second-order valence-corrected chi connectivity index (χ2v) is 3.40. The van der Waals surface area contributed by atoms with Gasteiger partial charge in [0.1, 0.15) is 5.82 Å². The number of nitrogens with one attached hydrogen (secondary N) is 2. The molecular formula is C12H15FN2O. The van der Waals surface area contributed by atoms with Crippen molar-refractivity contribution < 1.29 is 9.18 Å². The first-order chi connectivity index (χ1) is 7.65. The zero-order chi connectivity index (χ0) is 12.0. The van der Waals surface area contributed by atoms with Crippen LogP contribution in [0, 0.1) is 12.7 Å². The van der Waals surface area contributed by atoms with Crippen LogP contribution >= 0.6 is 0 Å². The number of aryl methyl sites for hydroxylation is 1. The third-order valence-electron chi connectivity index (χ3n) is 2.06. The highest BCUT2D eigenvalue weighted by atomic mass is 19.1. The van der Waals surface area contributed by atoms with Crippen molar-refractivity contribution in [1.29, 1.82) is 0 Å². The van der Waals surface area contributed by atoms with E-state index in [4.69, 9.17) is 0 Å². The number of anilines is 1. The Morgan fingerprint density at radius 2 is 2.31 bits per heavy atom. The molecule has 0 spiro atoms. The highest BCUT2D eigenvalue weighted by molar-refractivity contribution is 5.93. The fourth-order valence-electron chi connectivity index (χ4n) is 1.26. The first-order valence-corrected chi connectivity index (χ1v) is 5.01. The van der Waals surface area contributed by atoms with Gasteiger partial charge in [-0.1, -0.05) is 18.2 Å². The molecule has 1 amide bonds. The van der Waals surface area contributed by atoms with Crippen molar-refractivity contribution in [2.45, 2.75) is 6.92 Å². The Labute approximate surface area is 94.4 Å². The van der Waals surface area contributed by atoms with Gasteiger partial charge in [0.05, 0.1) is 12.2 Å². The summed E-state index contributed by atoms with van der Waals surface area (Å²) in [5, 5.41) is 5.37. The molecule has 1 aromatic rings. The molecule has 0 saturated heterocycles. The zero-order valence-corrected chi connectivity index (χ0v) is 9.22. The lowest BCUT2D eigenvalue weighted by molar-refractivity contribution is -0.115. The molecule has 0 heterocycles. The van der Waals surface area contributed by atoms with Gasteiger partial charge in [-0.25, -0.2) is 4.39 Å². The molecule has 0 aliphatic rings. The van der Waals surface area contributed by atoms with E-state index in [0.29, 0.717) is 12.1 Å². The smallest absolute Gasteiger partial charge is 0.238 e. The Morgan fingerprint density at radius 1 is 1.56 bits per heavy atom. The SMILES string of the molecule is C=CCNCC(=O)Nc1c(C)cccc1F. The molecule has 0 unspecified atom stereocenters. The summed E-state index contributed by atoms with van der Waals surface area (Å²) in [5.41, 5.74) is 0.949. The van der Waals surface area contributed by atoms with E-state index in [1.807, 2.05) is 0 Å². The van der Waals surface area contributed by atoms with Crippen LogP contribution in [0.5, 0.6) is 0 Å². The van der Waals surface area contributed by atoms with Crippen LogP contribution in [0.4, 0.5) is 10.1 Å². The molecule has 0 radical (unpaired) electrons. The topological polar surface area (TPSA) is 41.1 Å². The molecule has 0 aliphatic carbocycles. The summed E-state index contributed by atoms with van der Waals surface area (Å²) in [7, 11) is 0. The van der Waals surface area contributed by atoms with E-state index < -0.39 is 5.82 Å². The van der Waals surface area contributed by atoms with E-state index in [9.17, 15) is 9.18 Å². The van der Waals surface area contributed by atoms with Crippen molar-refractivity contribution >= 4 is 11.6 Å². The number of para-hydroxylation sites is 1. The molecule has 3 nitrogen and oxygen atoms in total. The fourth-order valence-corrected chi connectivity index (χ4v) is 1.26. The maximum absolute atomic E-state index is 13.3. The molecule has 86 valence electrons. The normalized spacial score (nSPS) is 9.88. The van der Waals surface area contributed by atoms with E-state index in [-0.39, 0.29) is 18.1 Å². The molecule has 0 aromatic heterocycles. The average Bonchev–Trinajstić information content (AvgIpc) is 2.24. The van der Waals surface area contributed by atoms with E-state index in [1.165, 1.54) is 6.07 Å². The van der Waals surface area contributed by atoms with E-state index in [1.54, 1.807) is 25.1 Å². The monoisotopic (exact) mass is 222 g/mol. The summed E-state index contributed by atoms with van der Waals surface area (Å²) in [6, 6.07) is 4.67. The Kier molecular flexibility index (Phi) is 4.66. The Morgan fingerprint density at radius 3 is 2.94 bits per heavy atom. The molecule has 0 fully saturated rings. The lowest BCUT2D eigenvalue weighted by Crippen LogP contribution is -2.28. The van der Waals surface area contributed by atoms with Gasteiger partial charge in [0.2, 0.25) is 5.91 Å². The number of rotatable bonds is 5. The third kappa shape index (κ3) is 3.47. The van der Waals surface area contributed by atoms with Crippen LogP contribution in [0.3, 0.4) is 0 Å². The van der Waals surface area contributed by atoms with Gasteiger partial charge in [-0.2, -0.15) is 0 Å². The summed E-state index contributed by atoms with van der Waals surface area (Å²) >= 11 is 0. The molecule has 4 heteroatoms. The fraction of sp³-hybridized carbons (Fsp3) is 0.250. The van der Waals surface area contributed by atoms with Crippen LogP contribution in [0.1, 0.15) is 5.56 Å². The predicted molar refractivity (Wildman–Crippen MR) is 62.8 cm³/mol. The van der Waals surface area contributed by atoms with E-state index >= 15 is 0 Å².